The van der Waals surface area contributed by atoms with Crippen LogP contribution in [0.5, 0.6) is 0 Å². The molecule has 1 atom stereocenters. The van der Waals surface area contributed by atoms with Crippen molar-refractivity contribution in [3.63, 3.8) is 0 Å². The lowest BCUT2D eigenvalue weighted by atomic mass is 10.1. The van der Waals surface area contributed by atoms with Crippen molar-refractivity contribution >= 4 is 35.1 Å². The molecule has 0 aliphatic carbocycles. The third-order valence-corrected chi connectivity index (χ3v) is 5.31. The molecule has 0 aliphatic heterocycles. The largest absolute Gasteiger partial charge is 0.342 e. The monoisotopic (exact) mass is 372 g/mol. The third-order valence-electron chi connectivity index (χ3n) is 3.92. The molecule has 1 N–H and O–H groups in total. The highest BCUT2D eigenvalue weighted by Crippen LogP contribution is 2.20. The molecule has 0 aliphatic rings. The summed E-state index contributed by atoms with van der Waals surface area (Å²) in [6, 6.07) is 13.2. The summed E-state index contributed by atoms with van der Waals surface area (Å²) in [4.78, 5) is 13.8. The first-order chi connectivity index (χ1) is 12.2. The fraction of sp³-hybridized carbons (Fsp3) is 0.278. The zero-order valence-corrected chi connectivity index (χ0v) is 15.8. The first kappa shape index (κ1) is 17.8. The Morgan fingerprint density at radius 2 is 1.96 bits per heavy atom. The van der Waals surface area contributed by atoms with Crippen LogP contribution in [0.15, 0.2) is 53.6 Å². The number of pyridine rings is 1. The normalized spacial score (nSPS) is 12.2. The zero-order chi connectivity index (χ0) is 17.6. The minimum atomic E-state index is -0.183. The number of nitrogens with one attached hydrogen (secondary N) is 1. The predicted molar refractivity (Wildman–Crippen MR) is 104 cm³/mol. The summed E-state index contributed by atoms with van der Waals surface area (Å²) in [5.74, 6) is 1.60. The molecular formula is C18H20N4OS2. The van der Waals surface area contributed by atoms with E-state index in [2.05, 4.69) is 21.8 Å². The van der Waals surface area contributed by atoms with Crippen LogP contribution in [0.1, 0.15) is 28.6 Å². The van der Waals surface area contributed by atoms with Gasteiger partial charge in [-0.2, -0.15) is 11.8 Å². The fourth-order valence-electron chi connectivity index (χ4n) is 2.58. The van der Waals surface area contributed by atoms with Gasteiger partial charge in [0.15, 0.2) is 11.5 Å². The number of rotatable bonds is 7. The lowest BCUT2D eigenvalue weighted by molar-refractivity contribution is 0.0933. The van der Waals surface area contributed by atoms with E-state index in [1.807, 2.05) is 59.3 Å². The van der Waals surface area contributed by atoms with E-state index in [9.17, 15) is 4.79 Å². The summed E-state index contributed by atoms with van der Waals surface area (Å²) in [7, 11) is 0. The number of nitrogens with zero attached hydrogens (tertiary/aromatic N) is 3. The van der Waals surface area contributed by atoms with Crippen LogP contribution < -0.4 is 5.32 Å². The van der Waals surface area contributed by atoms with Gasteiger partial charge in [-0.25, -0.2) is 0 Å². The molecule has 3 rings (SSSR count). The topological polar surface area (TPSA) is 59.3 Å². The molecule has 3 aromatic rings. The number of fused-ring (bicyclic) bond motifs is 1. The summed E-state index contributed by atoms with van der Waals surface area (Å²) in [6.45, 7) is 0. The molecule has 0 bridgehead atoms. The highest BCUT2D eigenvalue weighted by Gasteiger charge is 2.20. The smallest absolute Gasteiger partial charge is 0.251 e. The molecule has 7 heteroatoms. The molecule has 1 aromatic carbocycles. The van der Waals surface area contributed by atoms with Gasteiger partial charge in [0.2, 0.25) is 0 Å². The van der Waals surface area contributed by atoms with E-state index in [4.69, 9.17) is 0 Å². The van der Waals surface area contributed by atoms with Crippen molar-refractivity contribution in [2.45, 2.75) is 17.4 Å². The van der Waals surface area contributed by atoms with E-state index in [0.29, 0.717) is 5.56 Å². The van der Waals surface area contributed by atoms with Crippen LogP contribution in [-0.4, -0.2) is 38.8 Å². The molecule has 2 aromatic heterocycles. The number of aromatic nitrogens is 3. The van der Waals surface area contributed by atoms with Gasteiger partial charge in [-0.05, 0) is 61.1 Å². The average Bonchev–Trinajstić information content (AvgIpc) is 3.09. The first-order valence-electron chi connectivity index (χ1n) is 7.96. The number of thioether (sulfide) groups is 2. The standard InChI is InChI=1S/C18H20N4OS2/c1-24-12-10-15(17-21-20-16-5-3-4-11-22(16)17)19-18(23)13-6-8-14(25-2)9-7-13/h3-9,11,15H,10,12H2,1-2H3,(H,19,23). The number of carbonyl (C=O) groups is 1. The Hall–Kier alpha value is -1.99. The molecule has 1 unspecified atom stereocenters. The molecule has 0 radical (unpaired) electrons. The average molecular weight is 373 g/mol. The van der Waals surface area contributed by atoms with Crippen molar-refractivity contribution in [1.29, 1.82) is 0 Å². The molecule has 0 spiro atoms. The number of hydrogen-bond acceptors (Lipinski definition) is 5. The highest BCUT2D eigenvalue weighted by atomic mass is 32.2. The van der Waals surface area contributed by atoms with E-state index in [1.54, 1.807) is 23.5 Å². The van der Waals surface area contributed by atoms with E-state index >= 15 is 0 Å². The van der Waals surface area contributed by atoms with Crippen molar-refractivity contribution in [2.24, 2.45) is 0 Å². The lowest BCUT2D eigenvalue weighted by Gasteiger charge is -2.17. The first-order valence-corrected chi connectivity index (χ1v) is 10.6. The van der Waals surface area contributed by atoms with Gasteiger partial charge in [0.1, 0.15) is 0 Å². The van der Waals surface area contributed by atoms with E-state index in [-0.39, 0.29) is 11.9 Å². The Kier molecular flexibility index (Phi) is 5.99. The molecule has 0 saturated carbocycles. The summed E-state index contributed by atoms with van der Waals surface area (Å²) in [6.07, 6.45) is 6.80. The molecule has 0 fully saturated rings. The van der Waals surface area contributed by atoms with Crippen molar-refractivity contribution < 1.29 is 4.79 Å². The van der Waals surface area contributed by atoms with E-state index in [0.717, 1.165) is 28.5 Å². The molecule has 25 heavy (non-hydrogen) atoms. The van der Waals surface area contributed by atoms with Gasteiger partial charge < -0.3 is 5.32 Å². The van der Waals surface area contributed by atoms with Gasteiger partial charge in [-0.15, -0.1) is 22.0 Å². The quantitative estimate of drug-likeness (QED) is 0.641. The van der Waals surface area contributed by atoms with Crippen molar-refractivity contribution in [3.05, 3.63) is 60.0 Å². The van der Waals surface area contributed by atoms with Gasteiger partial charge >= 0.3 is 0 Å². The fourth-order valence-corrected chi connectivity index (χ4v) is 3.46. The molecular weight excluding hydrogens is 352 g/mol. The van der Waals surface area contributed by atoms with Crippen molar-refractivity contribution in [1.82, 2.24) is 19.9 Å². The molecule has 130 valence electrons. The summed E-state index contributed by atoms with van der Waals surface area (Å²) < 4.78 is 1.93. The SMILES string of the molecule is CSCCC(NC(=O)c1ccc(SC)cc1)c1nnc2ccccn12. The second kappa shape index (κ2) is 8.40. The van der Waals surface area contributed by atoms with Gasteiger partial charge in [-0.3, -0.25) is 9.20 Å². The second-order valence-electron chi connectivity index (χ2n) is 5.52. The van der Waals surface area contributed by atoms with Crippen LogP contribution in [0, 0.1) is 0 Å². The van der Waals surface area contributed by atoms with Crippen molar-refractivity contribution in [3.8, 4) is 0 Å². The Morgan fingerprint density at radius 3 is 2.68 bits per heavy atom. The van der Waals surface area contributed by atoms with Crippen molar-refractivity contribution in [2.75, 3.05) is 18.3 Å². The molecule has 0 saturated heterocycles. The number of carbonyl (C=O) groups excluding carboxylic acids is 1. The summed E-state index contributed by atoms with van der Waals surface area (Å²) in [5, 5.41) is 11.6. The Bertz CT molecular complexity index is 848. The zero-order valence-electron chi connectivity index (χ0n) is 14.2. The summed E-state index contributed by atoms with van der Waals surface area (Å²) >= 11 is 3.41. The van der Waals surface area contributed by atoms with Gasteiger partial charge in [0, 0.05) is 16.7 Å². The minimum absolute atomic E-state index is 0.0913. The Balaban J connectivity index is 1.84. The van der Waals surface area contributed by atoms with Crippen LogP contribution in [0.25, 0.3) is 5.65 Å². The number of amides is 1. The predicted octanol–water partition coefficient (Wildman–Crippen LogP) is 3.68. The number of benzene rings is 1. The highest BCUT2D eigenvalue weighted by molar-refractivity contribution is 7.98. The molecule has 5 nitrogen and oxygen atoms in total. The maximum atomic E-state index is 12.7. The van der Waals surface area contributed by atoms with Gasteiger partial charge in [0.05, 0.1) is 6.04 Å². The van der Waals surface area contributed by atoms with Gasteiger partial charge in [-0.1, -0.05) is 6.07 Å². The van der Waals surface area contributed by atoms with E-state index < -0.39 is 0 Å². The lowest BCUT2D eigenvalue weighted by Crippen LogP contribution is -2.30. The molecule has 1 amide bonds. The van der Waals surface area contributed by atoms with Crippen LogP contribution in [0.2, 0.25) is 0 Å². The summed E-state index contributed by atoms with van der Waals surface area (Å²) in [5.41, 5.74) is 1.44. The Labute approximate surface area is 155 Å². The van der Waals surface area contributed by atoms with Gasteiger partial charge in [0.25, 0.3) is 5.91 Å². The molecule has 2 heterocycles. The maximum Gasteiger partial charge on any atom is 0.251 e. The maximum absolute atomic E-state index is 12.7. The third kappa shape index (κ3) is 4.16. The van der Waals surface area contributed by atoms with Crippen LogP contribution >= 0.6 is 23.5 Å². The Morgan fingerprint density at radius 1 is 1.16 bits per heavy atom. The van der Waals surface area contributed by atoms with Crippen LogP contribution in [0.4, 0.5) is 0 Å². The number of hydrogen-bond donors (Lipinski definition) is 1. The van der Waals surface area contributed by atoms with Crippen LogP contribution in [0.3, 0.4) is 0 Å². The van der Waals surface area contributed by atoms with E-state index in [1.165, 1.54) is 0 Å². The van der Waals surface area contributed by atoms with Crippen LogP contribution in [-0.2, 0) is 0 Å². The second-order valence-corrected chi connectivity index (χ2v) is 7.39. The minimum Gasteiger partial charge on any atom is -0.342 e.